The monoisotopic (exact) mass is 271 g/mol. The van der Waals surface area contributed by atoms with Gasteiger partial charge in [0.2, 0.25) is 5.13 Å². The van der Waals surface area contributed by atoms with E-state index in [2.05, 4.69) is 46.7 Å². The number of rotatable bonds is 3. The van der Waals surface area contributed by atoms with Gasteiger partial charge in [0.05, 0.1) is 11.9 Å². The van der Waals surface area contributed by atoms with Crippen LogP contribution in [0.25, 0.3) is 0 Å². The number of nitrogens with zero attached hydrogens (tertiary/aromatic N) is 2. The summed E-state index contributed by atoms with van der Waals surface area (Å²) in [5, 5.41) is 5.17. The van der Waals surface area contributed by atoms with E-state index in [-0.39, 0.29) is 0 Å². The third kappa shape index (κ3) is 3.01. The summed E-state index contributed by atoms with van der Waals surface area (Å²) in [6, 6.07) is 8.30. The number of hydrazone groups is 1. The predicted molar refractivity (Wildman–Crippen MR) is 81.2 cm³/mol. The molecule has 1 N–H and O–H groups in total. The average molecular weight is 271 g/mol. The standard InChI is InChI=1S/C15H17N3S/c1-11-6-8-12(9-7-11)10-16-18-15-17-13-4-2-3-5-14(13)19-15/h6-10H,2-5H2,1H3,(H,17,18). The fourth-order valence-electron chi connectivity index (χ4n) is 2.21. The Kier molecular flexibility index (Phi) is 3.60. The third-order valence-corrected chi connectivity index (χ3v) is 4.36. The van der Waals surface area contributed by atoms with Crippen LogP contribution in [0.4, 0.5) is 5.13 Å². The lowest BCUT2D eigenvalue weighted by atomic mass is 10.0. The highest BCUT2D eigenvalue weighted by Crippen LogP contribution is 2.29. The topological polar surface area (TPSA) is 37.3 Å². The lowest BCUT2D eigenvalue weighted by Crippen LogP contribution is -1.99. The highest BCUT2D eigenvalue weighted by atomic mass is 32.1. The minimum atomic E-state index is 0.912. The first-order valence-corrected chi connectivity index (χ1v) is 7.47. The molecule has 3 rings (SSSR count). The molecule has 0 atom stereocenters. The van der Waals surface area contributed by atoms with Gasteiger partial charge in [-0.15, -0.1) is 11.3 Å². The van der Waals surface area contributed by atoms with Crippen LogP contribution in [0.3, 0.4) is 0 Å². The Labute approximate surface area is 117 Å². The molecular weight excluding hydrogens is 254 g/mol. The second-order valence-electron chi connectivity index (χ2n) is 4.88. The Morgan fingerprint density at radius 2 is 2.00 bits per heavy atom. The van der Waals surface area contributed by atoms with E-state index in [9.17, 15) is 0 Å². The maximum Gasteiger partial charge on any atom is 0.203 e. The van der Waals surface area contributed by atoms with Crippen molar-refractivity contribution in [1.82, 2.24) is 4.98 Å². The zero-order valence-electron chi connectivity index (χ0n) is 11.0. The van der Waals surface area contributed by atoms with Crippen LogP contribution < -0.4 is 5.43 Å². The normalized spacial score (nSPS) is 14.6. The molecule has 1 aromatic heterocycles. The van der Waals surface area contributed by atoms with Crippen molar-refractivity contribution in [2.45, 2.75) is 32.6 Å². The van der Waals surface area contributed by atoms with Crippen LogP contribution in [0.2, 0.25) is 0 Å². The lowest BCUT2D eigenvalue weighted by Gasteiger charge is -2.06. The van der Waals surface area contributed by atoms with Gasteiger partial charge in [0, 0.05) is 4.88 Å². The molecule has 0 saturated heterocycles. The first kappa shape index (κ1) is 12.4. The number of anilines is 1. The summed E-state index contributed by atoms with van der Waals surface area (Å²) in [4.78, 5) is 6.02. The number of thiazole rings is 1. The molecule has 0 amide bonds. The number of hydrogen-bond donors (Lipinski definition) is 1. The Bertz CT molecular complexity index is 560. The van der Waals surface area contributed by atoms with Gasteiger partial charge in [-0.25, -0.2) is 4.98 Å². The molecule has 0 radical (unpaired) electrons. The van der Waals surface area contributed by atoms with E-state index in [0.717, 1.165) is 17.1 Å². The summed E-state index contributed by atoms with van der Waals surface area (Å²) in [5.74, 6) is 0. The molecule has 1 aliphatic carbocycles. The first-order chi connectivity index (χ1) is 9.31. The fraction of sp³-hybridized carbons (Fsp3) is 0.333. The van der Waals surface area contributed by atoms with Crippen LogP contribution in [0.1, 0.15) is 34.5 Å². The zero-order valence-corrected chi connectivity index (χ0v) is 11.8. The Morgan fingerprint density at radius 1 is 1.21 bits per heavy atom. The van der Waals surface area contributed by atoms with Gasteiger partial charge < -0.3 is 0 Å². The molecule has 98 valence electrons. The predicted octanol–water partition coefficient (Wildman–Crippen LogP) is 3.78. The summed E-state index contributed by atoms with van der Waals surface area (Å²) in [6.07, 6.45) is 6.69. The molecule has 0 saturated carbocycles. The average Bonchev–Trinajstić information content (AvgIpc) is 2.83. The molecule has 0 bridgehead atoms. The zero-order chi connectivity index (χ0) is 13.1. The van der Waals surface area contributed by atoms with Crippen molar-refractivity contribution >= 4 is 22.7 Å². The molecular formula is C15H17N3S. The Morgan fingerprint density at radius 3 is 2.79 bits per heavy atom. The third-order valence-electron chi connectivity index (χ3n) is 3.30. The van der Waals surface area contributed by atoms with Gasteiger partial charge in [-0.3, -0.25) is 5.43 Å². The van der Waals surface area contributed by atoms with Gasteiger partial charge in [-0.05, 0) is 38.2 Å². The molecule has 4 heteroatoms. The number of fused-ring (bicyclic) bond motifs is 1. The second-order valence-corrected chi connectivity index (χ2v) is 5.96. The van der Waals surface area contributed by atoms with Gasteiger partial charge >= 0.3 is 0 Å². The van der Waals surface area contributed by atoms with Crippen molar-refractivity contribution in [2.24, 2.45) is 5.10 Å². The molecule has 3 nitrogen and oxygen atoms in total. The largest absolute Gasteiger partial charge is 0.253 e. The number of aromatic nitrogens is 1. The summed E-state index contributed by atoms with van der Waals surface area (Å²) < 4.78 is 0. The van der Waals surface area contributed by atoms with Gasteiger partial charge in [0.25, 0.3) is 0 Å². The van der Waals surface area contributed by atoms with Crippen molar-refractivity contribution in [3.05, 3.63) is 46.0 Å². The number of aryl methyl sites for hydroxylation is 3. The van der Waals surface area contributed by atoms with E-state index in [1.807, 2.05) is 6.21 Å². The second kappa shape index (κ2) is 5.53. The number of nitrogens with one attached hydrogen (secondary N) is 1. The minimum Gasteiger partial charge on any atom is -0.253 e. The molecule has 1 heterocycles. The molecule has 1 aliphatic rings. The van der Waals surface area contributed by atoms with E-state index in [1.165, 1.54) is 35.4 Å². The smallest absolute Gasteiger partial charge is 0.203 e. The number of hydrogen-bond acceptors (Lipinski definition) is 4. The molecule has 0 aliphatic heterocycles. The van der Waals surface area contributed by atoms with Crippen LogP contribution in [0.5, 0.6) is 0 Å². The summed E-state index contributed by atoms with van der Waals surface area (Å²) in [5.41, 5.74) is 6.67. The maximum absolute atomic E-state index is 4.59. The van der Waals surface area contributed by atoms with Crippen LogP contribution in [-0.2, 0) is 12.8 Å². The first-order valence-electron chi connectivity index (χ1n) is 6.65. The lowest BCUT2D eigenvalue weighted by molar-refractivity contribution is 0.682. The minimum absolute atomic E-state index is 0.912. The highest BCUT2D eigenvalue weighted by Gasteiger charge is 2.14. The molecule has 19 heavy (non-hydrogen) atoms. The van der Waals surface area contributed by atoms with E-state index < -0.39 is 0 Å². The van der Waals surface area contributed by atoms with Crippen molar-refractivity contribution < 1.29 is 0 Å². The molecule has 0 fully saturated rings. The molecule has 1 aromatic carbocycles. The van der Waals surface area contributed by atoms with Gasteiger partial charge in [-0.1, -0.05) is 29.8 Å². The van der Waals surface area contributed by atoms with Crippen molar-refractivity contribution in [1.29, 1.82) is 0 Å². The quantitative estimate of drug-likeness (QED) is 0.681. The van der Waals surface area contributed by atoms with Gasteiger partial charge in [0.1, 0.15) is 0 Å². The number of benzene rings is 1. The molecule has 2 aromatic rings. The Hall–Kier alpha value is -1.68. The van der Waals surface area contributed by atoms with Crippen molar-refractivity contribution in [3.63, 3.8) is 0 Å². The van der Waals surface area contributed by atoms with Crippen LogP contribution in [0.15, 0.2) is 29.4 Å². The van der Waals surface area contributed by atoms with E-state index in [4.69, 9.17) is 0 Å². The maximum atomic E-state index is 4.59. The molecule has 0 unspecified atom stereocenters. The molecule has 0 spiro atoms. The van der Waals surface area contributed by atoms with Gasteiger partial charge in [0.15, 0.2) is 0 Å². The highest BCUT2D eigenvalue weighted by molar-refractivity contribution is 7.15. The van der Waals surface area contributed by atoms with Crippen LogP contribution in [-0.4, -0.2) is 11.2 Å². The van der Waals surface area contributed by atoms with Crippen molar-refractivity contribution in [2.75, 3.05) is 5.43 Å². The summed E-state index contributed by atoms with van der Waals surface area (Å²) in [7, 11) is 0. The Balaban J connectivity index is 1.65. The van der Waals surface area contributed by atoms with E-state index in [0.29, 0.717) is 0 Å². The van der Waals surface area contributed by atoms with Gasteiger partial charge in [-0.2, -0.15) is 5.10 Å². The van der Waals surface area contributed by atoms with E-state index in [1.54, 1.807) is 11.3 Å². The summed E-state index contributed by atoms with van der Waals surface area (Å²) in [6.45, 7) is 2.08. The SMILES string of the molecule is Cc1ccc(C=NNc2nc3c(s2)CCCC3)cc1. The summed E-state index contributed by atoms with van der Waals surface area (Å²) >= 11 is 1.74. The van der Waals surface area contributed by atoms with E-state index >= 15 is 0 Å². The fourth-order valence-corrected chi connectivity index (χ4v) is 3.21. The van der Waals surface area contributed by atoms with Crippen molar-refractivity contribution in [3.8, 4) is 0 Å². The van der Waals surface area contributed by atoms with Crippen LogP contribution in [0, 0.1) is 6.92 Å². The van der Waals surface area contributed by atoms with Crippen LogP contribution >= 0.6 is 11.3 Å².